The van der Waals surface area contributed by atoms with Gasteiger partial charge in [0.2, 0.25) is 0 Å². The molecule has 0 saturated carbocycles. The third-order valence-electron chi connectivity index (χ3n) is 2.29. The molecule has 0 aromatic heterocycles. The molecular weight excluding hydrogens is 199 g/mol. The lowest BCUT2D eigenvalue weighted by Gasteiger charge is -2.36. The number of rotatable bonds is 3. The molecule has 0 bridgehead atoms. The van der Waals surface area contributed by atoms with Crippen molar-refractivity contribution in [3.05, 3.63) is 0 Å². The zero-order valence-electron chi connectivity index (χ0n) is 7.73. The van der Waals surface area contributed by atoms with Gasteiger partial charge in [-0.05, 0) is 12.8 Å². The van der Waals surface area contributed by atoms with Crippen LogP contribution in [0, 0.1) is 0 Å². The van der Waals surface area contributed by atoms with Crippen molar-refractivity contribution in [1.29, 1.82) is 0 Å². The normalized spacial score (nSPS) is 29.1. The van der Waals surface area contributed by atoms with Crippen molar-refractivity contribution in [1.82, 2.24) is 5.32 Å². The molecule has 1 unspecified atom stereocenters. The zero-order chi connectivity index (χ0) is 10.7. The van der Waals surface area contributed by atoms with E-state index in [-0.39, 0.29) is 13.2 Å². The number of alkyl halides is 3. The summed E-state index contributed by atoms with van der Waals surface area (Å²) in [6, 6.07) is 0. The first kappa shape index (κ1) is 11.7. The molecule has 1 aliphatic heterocycles. The lowest BCUT2D eigenvalue weighted by atomic mass is 9.93. The lowest BCUT2D eigenvalue weighted by molar-refractivity contribution is -0.134. The first-order chi connectivity index (χ1) is 6.47. The number of halogens is 3. The van der Waals surface area contributed by atoms with Gasteiger partial charge < -0.3 is 9.84 Å². The quantitative estimate of drug-likeness (QED) is 0.724. The molecule has 2 N–H and O–H groups in total. The highest BCUT2D eigenvalue weighted by Crippen LogP contribution is 2.21. The fourth-order valence-electron chi connectivity index (χ4n) is 1.46. The van der Waals surface area contributed by atoms with E-state index in [9.17, 15) is 13.2 Å². The van der Waals surface area contributed by atoms with Gasteiger partial charge in [-0.3, -0.25) is 5.32 Å². The average Bonchev–Trinajstić information content (AvgIpc) is 2.15. The van der Waals surface area contributed by atoms with Crippen molar-refractivity contribution < 1.29 is 23.0 Å². The Labute approximate surface area is 80.2 Å². The topological polar surface area (TPSA) is 41.5 Å². The molecule has 1 heterocycles. The van der Waals surface area contributed by atoms with Crippen LogP contribution in [-0.4, -0.2) is 43.2 Å². The third kappa shape index (κ3) is 3.43. The molecule has 0 aliphatic carbocycles. The number of aliphatic hydroxyl groups is 1. The van der Waals surface area contributed by atoms with E-state index < -0.39 is 18.3 Å². The Balaban J connectivity index is 2.44. The van der Waals surface area contributed by atoms with Crippen LogP contribution in [0.15, 0.2) is 0 Å². The summed E-state index contributed by atoms with van der Waals surface area (Å²) in [5.74, 6) is 0. The highest BCUT2D eigenvalue weighted by molar-refractivity contribution is 4.90. The molecule has 0 amide bonds. The van der Waals surface area contributed by atoms with Gasteiger partial charge in [0.15, 0.2) is 0 Å². The number of ether oxygens (including phenoxy) is 1. The molecule has 84 valence electrons. The van der Waals surface area contributed by atoms with Crippen molar-refractivity contribution in [2.24, 2.45) is 0 Å². The van der Waals surface area contributed by atoms with Gasteiger partial charge in [0, 0.05) is 6.61 Å². The molecule has 0 aromatic carbocycles. The van der Waals surface area contributed by atoms with Crippen LogP contribution in [0.1, 0.15) is 12.8 Å². The highest BCUT2D eigenvalue weighted by Gasteiger charge is 2.36. The second-order valence-corrected chi connectivity index (χ2v) is 3.56. The molecule has 1 atom stereocenters. The van der Waals surface area contributed by atoms with Crippen molar-refractivity contribution in [3.8, 4) is 0 Å². The fraction of sp³-hybridized carbons (Fsp3) is 1.00. The minimum Gasteiger partial charge on any atom is -0.394 e. The molecule has 1 rings (SSSR count). The molecule has 0 aromatic rings. The Morgan fingerprint density at radius 1 is 1.43 bits per heavy atom. The Bertz CT molecular complexity index is 178. The highest BCUT2D eigenvalue weighted by atomic mass is 19.4. The maximum atomic E-state index is 11.9. The van der Waals surface area contributed by atoms with Crippen LogP contribution in [0.2, 0.25) is 0 Å². The van der Waals surface area contributed by atoms with Crippen molar-refractivity contribution in [2.45, 2.75) is 24.6 Å². The summed E-state index contributed by atoms with van der Waals surface area (Å²) < 4.78 is 40.8. The van der Waals surface area contributed by atoms with Gasteiger partial charge in [-0.15, -0.1) is 0 Å². The van der Waals surface area contributed by atoms with Crippen molar-refractivity contribution in [3.63, 3.8) is 0 Å². The number of hydrogen-bond acceptors (Lipinski definition) is 3. The fourth-order valence-corrected chi connectivity index (χ4v) is 1.46. The first-order valence-corrected chi connectivity index (χ1v) is 4.48. The zero-order valence-corrected chi connectivity index (χ0v) is 7.73. The van der Waals surface area contributed by atoms with E-state index in [1.165, 1.54) is 0 Å². The van der Waals surface area contributed by atoms with Crippen LogP contribution in [0.5, 0.6) is 0 Å². The van der Waals surface area contributed by atoms with Crippen LogP contribution < -0.4 is 5.32 Å². The molecular formula is C8H14F3NO2. The van der Waals surface area contributed by atoms with Gasteiger partial charge in [0.1, 0.15) is 0 Å². The predicted octanol–water partition coefficient (Wildman–Crippen LogP) is 0.680. The Hall–Kier alpha value is -0.330. The largest absolute Gasteiger partial charge is 0.401 e. The van der Waals surface area contributed by atoms with Gasteiger partial charge in [-0.25, -0.2) is 0 Å². The van der Waals surface area contributed by atoms with Crippen LogP contribution in [-0.2, 0) is 4.74 Å². The summed E-state index contributed by atoms with van der Waals surface area (Å²) in [5.41, 5.74) is -0.909. The maximum Gasteiger partial charge on any atom is 0.401 e. The Kier molecular flexibility index (Phi) is 3.74. The van der Waals surface area contributed by atoms with Crippen LogP contribution in [0.3, 0.4) is 0 Å². The molecule has 0 spiro atoms. The molecule has 1 saturated heterocycles. The minimum atomic E-state index is -4.25. The summed E-state index contributed by atoms with van der Waals surface area (Å²) in [4.78, 5) is 0. The van der Waals surface area contributed by atoms with Gasteiger partial charge in [0.25, 0.3) is 0 Å². The number of hydrogen-bond donors (Lipinski definition) is 2. The van der Waals surface area contributed by atoms with E-state index in [1.807, 2.05) is 0 Å². The lowest BCUT2D eigenvalue weighted by Crippen LogP contribution is -2.56. The molecule has 1 aliphatic rings. The van der Waals surface area contributed by atoms with Gasteiger partial charge in [-0.2, -0.15) is 13.2 Å². The molecule has 14 heavy (non-hydrogen) atoms. The minimum absolute atomic E-state index is 0.138. The van der Waals surface area contributed by atoms with E-state index in [2.05, 4.69) is 5.32 Å². The van der Waals surface area contributed by atoms with Crippen LogP contribution in [0.4, 0.5) is 13.2 Å². The number of nitrogens with one attached hydrogen (secondary N) is 1. The second kappa shape index (κ2) is 4.46. The molecule has 0 radical (unpaired) electrons. The first-order valence-electron chi connectivity index (χ1n) is 4.48. The summed E-state index contributed by atoms with van der Waals surface area (Å²) in [5, 5.41) is 11.4. The molecule has 1 fully saturated rings. The average molecular weight is 213 g/mol. The van der Waals surface area contributed by atoms with E-state index in [0.717, 1.165) is 0 Å². The van der Waals surface area contributed by atoms with Crippen LogP contribution >= 0.6 is 0 Å². The van der Waals surface area contributed by atoms with E-state index in [4.69, 9.17) is 9.84 Å². The third-order valence-corrected chi connectivity index (χ3v) is 2.29. The van der Waals surface area contributed by atoms with E-state index in [1.54, 1.807) is 0 Å². The second-order valence-electron chi connectivity index (χ2n) is 3.56. The Morgan fingerprint density at radius 3 is 2.57 bits per heavy atom. The summed E-state index contributed by atoms with van der Waals surface area (Å²) in [6.07, 6.45) is -3.06. The summed E-state index contributed by atoms with van der Waals surface area (Å²) in [6.45, 7) is -0.727. The van der Waals surface area contributed by atoms with Crippen LogP contribution in [0.25, 0.3) is 0 Å². The molecule has 6 heteroatoms. The summed E-state index contributed by atoms with van der Waals surface area (Å²) in [7, 11) is 0. The van der Waals surface area contributed by atoms with Gasteiger partial charge in [0.05, 0.1) is 25.3 Å². The SMILES string of the molecule is OCC1(NCC(F)(F)F)CCCOC1. The van der Waals surface area contributed by atoms with Crippen molar-refractivity contribution in [2.75, 3.05) is 26.4 Å². The maximum absolute atomic E-state index is 11.9. The monoisotopic (exact) mass is 213 g/mol. The van der Waals surface area contributed by atoms with Gasteiger partial charge in [-0.1, -0.05) is 0 Å². The van der Waals surface area contributed by atoms with E-state index >= 15 is 0 Å². The van der Waals surface area contributed by atoms with E-state index in [0.29, 0.717) is 19.4 Å². The Morgan fingerprint density at radius 2 is 2.14 bits per heavy atom. The standard InChI is InChI=1S/C8H14F3NO2/c9-8(10,11)4-12-7(5-13)2-1-3-14-6-7/h12-13H,1-6H2. The summed E-state index contributed by atoms with van der Waals surface area (Å²) >= 11 is 0. The smallest absolute Gasteiger partial charge is 0.394 e. The number of aliphatic hydroxyl groups excluding tert-OH is 1. The predicted molar refractivity (Wildman–Crippen MR) is 43.9 cm³/mol. The molecule has 3 nitrogen and oxygen atoms in total. The van der Waals surface area contributed by atoms with Crippen molar-refractivity contribution >= 4 is 0 Å². The van der Waals surface area contributed by atoms with Gasteiger partial charge >= 0.3 is 6.18 Å².